The number of amides is 1. The molecule has 1 amide bonds. The van der Waals surface area contributed by atoms with Crippen LogP contribution in [0.4, 0.5) is 0 Å². The molecule has 0 aliphatic carbocycles. The monoisotopic (exact) mass is 543 g/mol. The van der Waals surface area contributed by atoms with Gasteiger partial charge in [0.1, 0.15) is 28.2 Å². The van der Waals surface area contributed by atoms with Gasteiger partial charge in [-0.15, -0.1) is 0 Å². The van der Waals surface area contributed by atoms with Crippen molar-refractivity contribution in [2.75, 3.05) is 27.0 Å². The van der Waals surface area contributed by atoms with Gasteiger partial charge in [0, 0.05) is 48.7 Å². The quantitative estimate of drug-likeness (QED) is 0.343. The number of fused-ring (bicyclic) bond motifs is 2. The lowest BCUT2D eigenvalue weighted by molar-refractivity contribution is -0.132. The van der Waals surface area contributed by atoms with Crippen molar-refractivity contribution in [1.82, 2.24) is 4.90 Å². The first-order chi connectivity index (χ1) is 19.4. The lowest BCUT2D eigenvalue weighted by atomic mass is 9.85. The maximum absolute atomic E-state index is 13.6. The SMILES string of the molecule is COc1cc(C(CC(=O)N2CCCCC2)c2c(O)cc(O)c3c(=O)cc(-c4ccccc4)oc23)cc2c1OCO2. The fourth-order valence-corrected chi connectivity index (χ4v) is 5.59. The fraction of sp³-hybridized carbons (Fsp3) is 0.290. The molecule has 3 aromatic carbocycles. The molecule has 0 bridgehead atoms. The molecular weight excluding hydrogens is 514 g/mol. The van der Waals surface area contributed by atoms with Gasteiger partial charge in [-0.05, 0) is 37.0 Å². The van der Waals surface area contributed by atoms with Gasteiger partial charge in [-0.3, -0.25) is 9.59 Å². The third-order valence-electron chi connectivity index (χ3n) is 7.58. The summed E-state index contributed by atoms with van der Waals surface area (Å²) >= 11 is 0. The van der Waals surface area contributed by atoms with E-state index >= 15 is 0 Å². The standard InChI is InChI=1S/C31H29NO8/c1-37-25-12-19(13-26-30(25)39-17-38-26)20(14-27(36)32-10-6-3-7-11-32)28-21(33)15-22(34)29-23(35)16-24(40-31(28)29)18-8-4-2-5-9-18/h2,4-5,8-9,12-13,15-16,20,33-34H,3,6-7,10-11,14,17H2,1H3. The molecule has 40 heavy (non-hydrogen) atoms. The second-order valence-corrected chi connectivity index (χ2v) is 10.0. The van der Waals surface area contributed by atoms with Gasteiger partial charge in [-0.1, -0.05) is 30.3 Å². The van der Waals surface area contributed by atoms with E-state index in [1.54, 1.807) is 24.3 Å². The lowest BCUT2D eigenvalue weighted by Crippen LogP contribution is -2.36. The minimum atomic E-state index is -0.768. The first-order valence-electron chi connectivity index (χ1n) is 13.3. The molecule has 6 rings (SSSR count). The number of phenols is 2. The van der Waals surface area contributed by atoms with Crippen molar-refractivity contribution < 1.29 is 33.6 Å². The van der Waals surface area contributed by atoms with Crippen molar-refractivity contribution in [2.45, 2.75) is 31.6 Å². The number of carbonyl (C=O) groups is 1. The lowest BCUT2D eigenvalue weighted by Gasteiger charge is -2.29. The molecule has 1 fully saturated rings. The minimum absolute atomic E-state index is 0.0110. The molecule has 0 radical (unpaired) electrons. The number of benzene rings is 3. The van der Waals surface area contributed by atoms with Gasteiger partial charge >= 0.3 is 0 Å². The molecule has 206 valence electrons. The number of methoxy groups -OCH3 is 1. The van der Waals surface area contributed by atoms with Crippen LogP contribution in [0.5, 0.6) is 28.7 Å². The zero-order valence-corrected chi connectivity index (χ0v) is 22.0. The van der Waals surface area contributed by atoms with Crippen LogP contribution in [-0.4, -0.2) is 48.0 Å². The van der Waals surface area contributed by atoms with E-state index in [1.165, 1.54) is 13.2 Å². The third kappa shape index (κ3) is 4.57. The summed E-state index contributed by atoms with van der Waals surface area (Å²) < 4.78 is 23.0. The van der Waals surface area contributed by atoms with Crippen LogP contribution in [0.1, 0.15) is 42.7 Å². The number of nitrogens with zero attached hydrogens (tertiary/aromatic N) is 1. The van der Waals surface area contributed by atoms with E-state index in [0.717, 1.165) is 25.3 Å². The molecule has 1 unspecified atom stereocenters. The summed E-state index contributed by atoms with van der Waals surface area (Å²) in [6, 6.07) is 15.0. The highest BCUT2D eigenvalue weighted by molar-refractivity contribution is 5.91. The number of phenolic OH excluding ortho intramolecular Hbond substituents is 2. The van der Waals surface area contributed by atoms with E-state index in [9.17, 15) is 19.8 Å². The van der Waals surface area contributed by atoms with E-state index in [-0.39, 0.29) is 47.2 Å². The predicted molar refractivity (Wildman–Crippen MR) is 147 cm³/mol. The third-order valence-corrected chi connectivity index (χ3v) is 7.58. The van der Waals surface area contributed by atoms with E-state index < -0.39 is 17.1 Å². The Hall–Kier alpha value is -4.66. The smallest absolute Gasteiger partial charge is 0.231 e. The van der Waals surface area contributed by atoms with Crippen LogP contribution in [0, 0.1) is 0 Å². The number of ether oxygens (including phenoxy) is 3. The Bertz CT molecular complexity index is 1640. The summed E-state index contributed by atoms with van der Waals surface area (Å²) in [6.07, 6.45) is 2.91. The summed E-state index contributed by atoms with van der Waals surface area (Å²) in [7, 11) is 1.51. The van der Waals surface area contributed by atoms with Gasteiger partial charge in [0.15, 0.2) is 16.9 Å². The number of piperidine rings is 1. The van der Waals surface area contributed by atoms with Crippen LogP contribution < -0.4 is 19.6 Å². The van der Waals surface area contributed by atoms with Crippen molar-refractivity contribution in [3.63, 3.8) is 0 Å². The summed E-state index contributed by atoms with van der Waals surface area (Å²) in [5.74, 6) is 0.00556. The largest absolute Gasteiger partial charge is 0.507 e. The van der Waals surface area contributed by atoms with Crippen molar-refractivity contribution in [3.05, 3.63) is 75.9 Å². The molecule has 1 atom stereocenters. The van der Waals surface area contributed by atoms with E-state index in [1.807, 2.05) is 23.1 Å². The molecule has 9 nitrogen and oxygen atoms in total. The van der Waals surface area contributed by atoms with Crippen LogP contribution >= 0.6 is 0 Å². The van der Waals surface area contributed by atoms with Crippen molar-refractivity contribution >= 4 is 16.9 Å². The van der Waals surface area contributed by atoms with Crippen molar-refractivity contribution in [1.29, 1.82) is 0 Å². The Labute approximate surface area is 230 Å². The highest BCUT2D eigenvalue weighted by Gasteiger charge is 2.32. The van der Waals surface area contributed by atoms with Gasteiger partial charge < -0.3 is 33.7 Å². The van der Waals surface area contributed by atoms with Gasteiger partial charge in [-0.2, -0.15) is 0 Å². The van der Waals surface area contributed by atoms with Crippen LogP contribution in [0.2, 0.25) is 0 Å². The van der Waals surface area contributed by atoms with Gasteiger partial charge in [-0.25, -0.2) is 0 Å². The molecule has 1 saturated heterocycles. The number of aromatic hydroxyl groups is 2. The number of hydrogen-bond donors (Lipinski definition) is 2. The Morgan fingerprint density at radius 1 is 1.00 bits per heavy atom. The predicted octanol–water partition coefficient (Wildman–Crippen LogP) is 5.14. The average molecular weight is 544 g/mol. The molecule has 0 spiro atoms. The molecule has 3 heterocycles. The summed E-state index contributed by atoms with van der Waals surface area (Å²) in [5.41, 5.74) is 1.01. The second kappa shape index (κ2) is 10.5. The topological polar surface area (TPSA) is 119 Å². The maximum atomic E-state index is 13.6. The number of likely N-dealkylation sites (tertiary alicyclic amines) is 1. The number of rotatable bonds is 6. The van der Waals surface area contributed by atoms with Gasteiger partial charge in [0.25, 0.3) is 0 Å². The zero-order chi connectivity index (χ0) is 27.8. The number of carbonyl (C=O) groups excluding carboxylic acids is 1. The number of hydrogen-bond acceptors (Lipinski definition) is 8. The van der Waals surface area contributed by atoms with Crippen LogP contribution in [0.25, 0.3) is 22.3 Å². The molecule has 0 saturated carbocycles. The summed E-state index contributed by atoms with van der Waals surface area (Å²) in [6.45, 7) is 1.34. The van der Waals surface area contributed by atoms with Crippen molar-refractivity contribution in [2.24, 2.45) is 0 Å². The normalized spacial score (nSPS) is 15.3. The van der Waals surface area contributed by atoms with Crippen molar-refractivity contribution in [3.8, 4) is 40.1 Å². The molecule has 2 aliphatic heterocycles. The van der Waals surface area contributed by atoms with Gasteiger partial charge in [0.2, 0.25) is 18.4 Å². The molecule has 9 heteroatoms. The van der Waals surface area contributed by atoms with Gasteiger partial charge in [0.05, 0.1) is 7.11 Å². The minimum Gasteiger partial charge on any atom is -0.507 e. The van der Waals surface area contributed by atoms with E-state index in [4.69, 9.17) is 18.6 Å². The first kappa shape index (κ1) is 25.6. The van der Waals surface area contributed by atoms with E-state index in [0.29, 0.717) is 41.5 Å². The first-order valence-corrected chi connectivity index (χ1v) is 13.3. The Kier molecular flexibility index (Phi) is 6.71. The Morgan fingerprint density at radius 3 is 2.52 bits per heavy atom. The highest BCUT2D eigenvalue weighted by atomic mass is 16.7. The molecular formula is C31H29NO8. The molecule has 4 aromatic rings. The maximum Gasteiger partial charge on any atom is 0.231 e. The summed E-state index contributed by atoms with van der Waals surface area (Å²) in [5, 5.41) is 21.9. The molecule has 2 N–H and O–H groups in total. The Balaban J connectivity index is 1.58. The zero-order valence-electron chi connectivity index (χ0n) is 22.0. The van der Waals surface area contributed by atoms with Crippen LogP contribution in [-0.2, 0) is 4.79 Å². The van der Waals surface area contributed by atoms with Crippen LogP contribution in [0.3, 0.4) is 0 Å². The Morgan fingerprint density at radius 2 is 1.77 bits per heavy atom. The molecule has 2 aliphatic rings. The highest BCUT2D eigenvalue weighted by Crippen LogP contribution is 2.48. The molecule has 1 aromatic heterocycles. The second-order valence-electron chi connectivity index (χ2n) is 10.0. The fourth-order valence-electron chi connectivity index (χ4n) is 5.59. The summed E-state index contributed by atoms with van der Waals surface area (Å²) in [4.78, 5) is 28.8. The average Bonchev–Trinajstić information content (AvgIpc) is 3.45. The van der Waals surface area contributed by atoms with E-state index in [2.05, 4.69) is 0 Å². The van der Waals surface area contributed by atoms with Crippen LogP contribution in [0.15, 0.2) is 63.8 Å².